The molecule has 0 radical (unpaired) electrons. The van der Waals surface area contributed by atoms with Crippen molar-refractivity contribution in [2.75, 3.05) is 6.54 Å². The first-order valence-electron chi connectivity index (χ1n) is 8.61. The number of nitrogens with one attached hydrogen (secondary N) is 2. The summed E-state index contributed by atoms with van der Waals surface area (Å²) in [5, 5.41) is 0. The number of amides is 2. The highest BCUT2D eigenvalue weighted by Gasteiger charge is 2.39. The van der Waals surface area contributed by atoms with Crippen LogP contribution >= 0.6 is 0 Å². The van der Waals surface area contributed by atoms with Gasteiger partial charge >= 0.3 is 0 Å². The number of aryl methyl sites for hydroxylation is 2. The largest absolute Gasteiger partial charge is 0.347 e. The van der Waals surface area contributed by atoms with Crippen molar-refractivity contribution < 1.29 is 18.0 Å². The molecule has 0 unspecified atom stereocenters. The molecule has 1 fully saturated rings. The Kier molecular flexibility index (Phi) is 5.33. The molecule has 2 aromatic rings. The molecule has 3 rings (SSSR count). The van der Waals surface area contributed by atoms with Gasteiger partial charge in [0.25, 0.3) is 11.8 Å². The third-order valence-corrected chi connectivity index (χ3v) is 6.53. The number of aromatic nitrogens is 1. The Hall–Kier alpha value is -2.65. The van der Waals surface area contributed by atoms with Crippen LogP contribution in [0.5, 0.6) is 0 Å². The lowest BCUT2D eigenvalue weighted by Gasteiger charge is -2.23. The van der Waals surface area contributed by atoms with Gasteiger partial charge in [0.15, 0.2) is 0 Å². The second kappa shape index (κ2) is 7.53. The molecule has 1 atom stereocenters. The molecular formula is C18H22N4O4S. The summed E-state index contributed by atoms with van der Waals surface area (Å²) in [6.45, 7) is 2.14. The molecule has 0 aliphatic carbocycles. The number of rotatable bonds is 4. The van der Waals surface area contributed by atoms with Gasteiger partial charge < -0.3 is 4.57 Å². The summed E-state index contributed by atoms with van der Waals surface area (Å²) in [7, 11) is -2.07. The predicted molar refractivity (Wildman–Crippen MR) is 99.1 cm³/mol. The molecule has 2 heterocycles. The Bertz CT molecular complexity index is 950. The van der Waals surface area contributed by atoms with Crippen molar-refractivity contribution in [2.45, 2.75) is 30.7 Å². The molecule has 1 aromatic carbocycles. The van der Waals surface area contributed by atoms with Gasteiger partial charge in [0.05, 0.1) is 4.90 Å². The highest BCUT2D eigenvalue weighted by Crippen LogP contribution is 2.26. The molecule has 1 aliphatic rings. The molecule has 1 aliphatic heterocycles. The summed E-state index contributed by atoms with van der Waals surface area (Å²) in [4.78, 5) is 24.8. The Morgan fingerprint density at radius 1 is 1.11 bits per heavy atom. The van der Waals surface area contributed by atoms with Gasteiger partial charge in [-0.2, -0.15) is 4.31 Å². The average molecular weight is 390 g/mol. The molecule has 8 nitrogen and oxygen atoms in total. The van der Waals surface area contributed by atoms with Crippen LogP contribution in [0, 0.1) is 6.92 Å². The fraction of sp³-hybridized carbons (Fsp3) is 0.333. The third kappa shape index (κ3) is 3.88. The van der Waals surface area contributed by atoms with Gasteiger partial charge in [-0.15, -0.1) is 0 Å². The van der Waals surface area contributed by atoms with E-state index >= 15 is 0 Å². The fourth-order valence-corrected chi connectivity index (χ4v) is 4.75. The maximum Gasteiger partial charge on any atom is 0.286 e. The first-order chi connectivity index (χ1) is 12.8. The van der Waals surface area contributed by atoms with E-state index in [0.717, 1.165) is 5.56 Å². The highest BCUT2D eigenvalue weighted by molar-refractivity contribution is 7.89. The second-order valence-corrected chi connectivity index (χ2v) is 8.43. The lowest BCUT2D eigenvalue weighted by Crippen LogP contribution is -2.51. The number of hydrazine groups is 1. The van der Waals surface area contributed by atoms with Crippen LogP contribution in [-0.4, -0.2) is 41.7 Å². The maximum atomic E-state index is 12.9. The minimum absolute atomic E-state index is 0.153. The zero-order valence-corrected chi connectivity index (χ0v) is 16.0. The van der Waals surface area contributed by atoms with Gasteiger partial charge in [0, 0.05) is 19.8 Å². The normalized spacial score (nSPS) is 17.6. The van der Waals surface area contributed by atoms with Crippen molar-refractivity contribution in [1.29, 1.82) is 0 Å². The van der Waals surface area contributed by atoms with E-state index in [0.29, 0.717) is 18.5 Å². The standard InChI is InChI=1S/C18H22N4O4S/c1-13-7-9-14(10-8-13)27(25,26)22-12-4-6-16(22)18(24)20-19-17(23)15-5-3-11-21(15)2/h3,5,7-11,16H,4,6,12H2,1-2H3,(H,19,23)(H,20,24)/t16-/m1/s1. The third-order valence-electron chi connectivity index (χ3n) is 4.61. The first kappa shape index (κ1) is 19.1. The van der Waals surface area contributed by atoms with Crippen molar-refractivity contribution in [1.82, 2.24) is 19.7 Å². The van der Waals surface area contributed by atoms with Crippen LogP contribution in [-0.2, 0) is 21.9 Å². The predicted octanol–water partition coefficient (Wildman–Crippen LogP) is 0.948. The number of nitrogens with zero attached hydrogens (tertiary/aromatic N) is 2. The second-order valence-electron chi connectivity index (χ2n) is 6.53. The molecule has 144 valence electrons. The van der Waals surface area contributed by atoms with Crippen LogP contribution in [0.3, 0.4) is 0 Å². The molecule has 9 heteroatoms. The number of sulfonamides is 1. The van der Waals surface area contributed by atoms with Gasteiger partial charge in [-0.05, 0) is 44.0 Å². The highest BCUT2D eigenvalue weighted by atomic mass is 32.2. The fourth-order valence-electron chi connectivity index (χ4n) is 3.10. The lowest BCUT2D eigenvalue weighted by atomic mass is 10.2. The van der Waals surface area contributed by atoms with E-state index in [1.807, 2.05) is 6.92 Å². The van der Waals surface area contributed by atoms with Crippen molar-refractivity contribution in [3.05, 3.63) is 53.9 Å². The summed E-state index contributed by atoms with van der Waals surface area (Å²) in [6, 6.07) is 8.99. The minimum atomic E-state index is -3.78. The Morgan fingerprint density at radius 3 is 2.44 bits per heavy atom. The van der Waals surface area contributed by atoms with Crippen LogP contribution in [0.1, 0.15) is 28.9 Å². The summed E-state index contributed by atoms with van der Waals surface area (Å²) < 4.78 is 28.6. The SMILES string of the molecule is Cc1ccc(S(=O)(=O)N2CCC[C@@H]2C(=O)NNC(=O)c2cccn2C)cc1. The molecule has 0 bridgehead atoms. The van der Waals surface area contributed by atoms with Crippen LogP contribution in [0.2, 0.25) is 0 Å². The maximum absolute atomic E-state index is 12.9. The zero-order valence-electron chi connectivity index (χ0n) is 15.2. The first-order valence-corrected chi connectivity index (χ1v) is 10.0. The van der Waals surface area contributed by atoms with E-state index in [-0.39, 0.29) is 11.4 Å². The summed E-state index contributed by atoms with van der Waals surface area (Å²) >= 11 is 0. The molecule has 27 heavy (non-hydrogen) atoms. The quantitative estimate of drug-likeness (QED) is 0.759. The van der Waals surface area contributed by atoms with E-state index in [1.165, 1.54) is 16.4 Å². The van der Waals surface area contributed by atoms with Crippen LogP contribution in [0.4, 0.5) is 0 Å². The summed E-state index contributed by atoms with van der Waals surface area (Å²) in [6.07, 6.45) is 2.69. The topological polar surface area (TPSA) is 101 Å². The molecule has 1 saturated heterocycles. The number of carbonyl (C=O) groups excluding carboxylic acids is 2. The smallest absolute Gasteiger partial charge is 0.286 e. The van der Waals surface area contributed by atoms with Crippen molar-refractivity contribution in [3.8, 4) is 0 Å². The van der Waals surface area contributed by atoms with Gasteiger partial charge in [-0.1, -0.05) is 17.7 Å². The van der Waals surface area contributed by atoms with Gasteiger partial charge in [-0.25, -0.2) is 8.42 Å². The van der Waals surface area contributed by atoms with Crippen LogP contribution in [0.15, 0.2) is 47.5 Å². The molecule has 0 spiro atoms. The monoisotopic (exact) mass is 390 g/mol. The Morgan fingerprint density at radius 2 is 1.81 bits per heavy atom. The van der Waals surface area contributed by atoms with Gasteiger partial charge in [-0.3, -0.25) is 20.4 Å². The van der Waals surface area contributed by atoms with E-state index in [4.69, 9.17) is 0 Å². The molecule has 2 N–H and O–H groups in total. The van der Waals surface area contributed by atoms with Crippen LogP contribution in [0.25, 0.3) is 0 Å². The zero-order chi connectivity index (χ0) is 19.6. The van der Waals surface area contributed by atoms with Gasteiger partial charge in [0.2, 0.25) is 10.0 Å². The lowest BCUT2D eigenvalue weighted by molar-refractivity contribution is -0.125. The van der Waals surface area contributed by atoms with E-state index in [2.05, 4.69) is 10.9 Å². The summed E-state index contributed by atoms with van der Waals surface area (Å²) in [5.74, 6) is -1.02. The van der Waals surface area contributed by atoms with E-state index in [1.54, 1.807) is 42.1 Å². The molecule has 1 aromatic heterocycles. The molecule has 0 saturated carbocycles. The molecular weight excluding hydrogens is 368 g/mol. The van der Waals surface area contributed by atoms with E-state index < -0.39 is 27.9 Å². The average Bonchev–Trinajstić information content (AvgIpc) is 3.29. The van der Waals surface area contributed by atoms with E-state index in [9.17, 15) is 18.0 Å². The van der Waals surface area contributed by atoms with Crippen molar-refractivity contribution in [2.24, 2.45) is 7.05 Å². The van der Waals surface area contributed by atoms with Gasteiger partial charge in [0.1, 0.15) is 11.7 Å². The number of carbonyl (C=O) groups is 2. The Labute approximate surface area is 158 Å². The van der Waals surface area contributed by atoms with Crippen molar-refractivity contribution in [3.63, 3.8) is 0 Å². The Balaban J connectivity index is 1.70. The number of benzene rings is 1. The van der Waals surface area contributed by atoms with Crippen LogP contribution < -0.4 is 10.9 Å². The summed E-state index contributed by atoms with van der Waals surface area (Å²) in [5.41, 5.74) is 6.02. The number of hydrogen-bond acceptors (Lipinski definition) is 4. The minimum Gasteiger partial charge on any atom is -0.347 e. The number of hydrogen-bond donors (Lipinski definition) is 2. The van der Waals surface area contributed by atoms with Crippen molar-refractivity contribution >= 4 is 21.8 Å². The molecule has 2 amide bonds.